The van der Waals surface area contributed by atoms with Gasteiger partial charge in [0.05, 0.1) is 17.9 Å². The molecular formula is C20H23N3O3S. The summed E-state index contributed by atoms with van der Waals surface area (Å²) in [5, 5.41) is 4.38. The van der Waals surface area contributed by atoms with Crippen LogP contribution in [0.25, 0.3) is 0 Å². The molecule has 27 heavy (non-hydrogen) atoms. The number of carbonyl (C=O) groups is 1. The summed E-state index contributed by atoms with van der Waals surface area (Å²) in [4.78, 5) is 12.6. The highest BCUT2D eigenvalue weighted by molar-refractivity contribution is 7.88. The number of sulfonamides is 1. The SMILES string of the molecule is CS(=O)(=O)N1CCCC(C(=O)NN=C(c2ccccc2)c2ccccc2)C1. The molecule has 0 saturated carbocycles. The summed E-state index contributed by atoms with van der Waals surface area (Å²) >= 11 is 0. The van der Waals surface area contributed by atoms with E-state index < -0.39 is 15.9 Å². The van der Waals surface area contributed by atoms with E-state index >= 15 is 0 Å². The first-order valence-corrected chi connectivity index (χ1v) is 10.7. The van der Waals surface area contributed by atoms with E-state index in [-0.39, 0.29) is 12.5 Å². The van der Waals surface area contributed by atoms with E-state index in [2.05, 4.69) is 10.5 Å². The maximum atomic E-state index is 12.6. The fourth-order valence-corrected chi connectivity index (χ4v) is 4.06. The van der Waals surface area contributed by atoms with Crippen LogP contribution in [0.1, 0.15) is 24.0 Å². The van der Waals surface area contributed by atoms with E-state index in [1.54, 1.807) is 0 Å². The van der Waals surface area contributed by atoms with E-state index in [4.69, 9.17) is 0 Å². The Morgan fingerprint density at radius 1 is 1.04 bits per heavy atom. The summed E-state index contributed by atoms with van der Waals surface area (Å²) in [5.74, 6) is -0.655. The standard InChI is InChI=1S/C20H23N3O3S/c1-27(25,26)23-14-8-13-18(15-23)20(24)22-21-19(16-9-4-2-5-10-16)17-11-6-3-7-12-17/h2-7,9-12,18H,8,13-15H2,1H3,(H,22,24). The molecule has 1 aliphatic heterocycles. The Kier molecular flexibility index (Phi) is 6.03. The zero-order valence-electron chi connectivity index (χ0n) is 15.2. The normalized spacial score (nSPS) is 17.9. The van der Waals surface area contributed by atoms with Crippen molar-refractivity contribution in [1.82, 2.24) is 9.73 Å². The van der Waals surface area contributed by atoms with Crippen molar-refractivity contribution in [3.8, 4) is 0 Å². The van der Waals surface area contributed by atoms with Crippen molar-refractivity contribution >= 4 is 21.6 Å². The molecule has 142 valence electrons. The molecule has 1 N–H and O–H groups in total. The van der Waals surface area contributed by atoms with Crippen LogP contribution < -0.4 is 5.43 Å². The van der Waals surface area contributed by atoms with Crippen molar-refractivity contribution in [2.24, 2.45) is 11.0 Å². The van der Waals surface area contributed by atoms with Crippen LogP contribution in [0.3, 0.4) is 0 Å². The summed E-state index contributed by atoms with van der Waals surface area (Å²) in [6.07, 6.45) is 2.49. The van der Waals surface area contributed by atoms with E-state index in [0.29, 0.717) is 25.1 Å². The number of hydrogen-bond acceptors (Lipinski definition) is 4. The van der Waals surface area contributed by atoms with Gasteiger partial charge in [-0.05, 0) is 12.8 Å². The first kappa shape index (κ1) is 19.3. The molecule has 1 amide bonds. The predicted molar refractivity (Wildman–Crippen MR) is 106 cm³/mol. The van der Waals surface area contributed by atoms with Crippen molar-refractivity contribution in [1.29, 1.82) is 0 Å². The number of amides is 1. The van der Waals surface area contributed by atoms with Gasteiger partial charge in [0, 0.05) is 24.2 Å². The fourth-order valence-electron chi connectivity index (χ4n) is 3.15. The molecule has 1 unspecified atom stereocenters. The number of rotatable bonds is 5. The molecule has 1 aliphatic rings. The van der Waals surface area contributed by atoms with E-state index in [1.165, 1.54) is 10.6 Å². The van der Waals surface area contributed by atoms with Gasteiger partial charge in [-0.1, -0.05) is 60.7 Å². The van der Waals surface area contributed by atoms with Gasteiger partial charge in [-0.3, -0.25) is 4.79 Å². The maximum absolute atomic E-state index is 12.6. The van der Waals surface area contributed by atoms with Crippen molar-refractivity contribution in [3.05, 3.63) is 71.8 Å². The van der Waals surface area contributed by atoms with Crippen molar-refractivity contribution in [2.45, 2.75) is 12.8 Å². The molecule has 0 aromatic heterocycles. The van der Waals surface area contributed by atoms with Crippen LogP contribution in [-0.4, -0.2) is 43.7 Å². The highest BCUT2D eigenvalue weighted by Crippen LogP contribution is 2.19. The van der Waals surface area contributed by atoms with Gasteiger partial charge in [0.15, 0.2) is 0 Å². The smallest absolute Gasteiger partial charge is 0.244 e. The molecule has 2 aromatic carbocycles. The topological polar surface area (TPSA) is 78.8 Å². The second kappa shape index (κ2) is 8.45. The number of benzene rings is 2. The molecule has 0 bridgehead atoms. The third-order valence-corrected chi connectivity index (χ3v) is 5.87. The molecule has 7 heteroatoms. The number of piperidine rings is 1. The van der Waals surface area contributed by atoms with Gasteiger partial charge < -0.3 is 0 Å². The Bertz CT molecular complexity index is 871. The lowest BCUT2D eigenvalue weighted by atomic mass is 9.99. The minimum absolute atomic E-state index is 0.201. The molecular weight excluding hydrogens is 362 g/mol. The van der Waals surface area contributed by atoms with E-state index in [0.717, 1.165) is 11.1 Å². The number of hydrogen-bond donors (Lipinski definition) is 1. The van der Waals surface area contributed by atoms with Gasteiger partial charge in [0.25, 0.3) is 0 Å². The molecule has 1 saturated heterocycles. The van der Waals surface area contributed by atoms with Crippen LogP contribution in [0.2, 0.25) is 0 Å². The molecule has 0 aliphatic carbocycles. The summed E-state index contributed by atoms with van der Waals surface area (Å²) in [5.41, 5.74) is 5.10. The second-order valence-corrected chi connectivity index (χ2v) is 8.61. The van der Waals surface area contributed by atoms with E-state index in [9.17, 15) is 13.2 Å². The van der Waals surface area contributed by atoms with Crippen LogP contribution in [0, 0.1) is 5.92 Å². The summed E-state index contributed by atoms with van der Waals surface area (Å²) in [6, 6.07) is 19.3. The zero-order chi connectivity index (χ0) is 19.3. The molecule has 2 aromatic rings. The zero-order valence-corrected chi connectivity index (χ0v) is 16.0. The summed E-state index contributed by atoms with van der Waals surface area (Å²) in [6.45, 7) is 0.664. The lowest BCUT2D eigenvalue weighted by molar-refractivity contribution is -0.126. The van der Waals surface area contributed by atoms with Crippen LogP contribution >= 0.6 is 0 Å². The Labute approximate surface area is 159 Å². The fraction of sp³-hybridized carbons (Fsp3) is 0.300. The minimum Gasteiger partial charge on any atom is -0.273 e. The molecule has 3 rings (SSSR count). The Morgan fingerprint density at radius 3 is 2.11 bits per heavy atom. The Morgan fingerprint density at radius 2 is 1.59 bits per heavy atom. The molecule has 1 atom stereocenters. The van der Waals surface area contributed by atoms with Crippen molar-refractivity contribution in [3.63, 3.8) is 0 Å². The number of nitrogens with one attached hydrogen (secondary N) is 1. The lowest BCUT2D eigenvalue weighted by Crippen LogP contribution is -2.44. The van der Waals surface area contributed by atoms with Crippen LogP contribution in [0.15, 0.2) is 65.8 Å². The molecule has 0 radical (unpaired) electrons. The van der Waals surface area contributed by atoms with Crippen LogP contribution in [-0.2, 0) is 14.8 Å². The monoisotopic (exact) mass is 385 g/mol. The minimum atomic E-state index is -3.29. The van der Waals surface area contributed by atoms with Gasteiger partial charge in [-0.15, -0.1) is 0 Å². The predicted octanol–water partition coefficient (Wildman–Crippen LogP) is 2.23. The first-order valence-electron chi connectivity index (χ1n) is 8.88. The van der Waals surface area contributed by atoms with E-state index in [1.807, 2.05) is 60.7 Å². The van der Waals surface area contributed by atoms with Crippen LogP contribution in [0.4, 0.5) is 0 Å². The largest absolute Gasteiger partial charge is 0.273 e. The van der Waals surface area contributed by atoms with Gasteiger partial charge >= 0.3 is 0 Å². The number of hydrazone groups is 1. The maximum Gasteiger partial charge on any atom is 0.244 e. The van der Waals surface area contributed by atoms with Gasteiger partial charge in [-0.2, -0.15) is 5.10 Å². The summed E-state index contributed by atoms with van der Waals surface area (Å²) < 4.78 is 24.9. The Hall–Kier alpha value is -2.51. The Balaban J connectivity index is 1.79. The average Bonchev–Trinajstić information content (AvgIpc) is 2.69. The highest BCUT2D eigenvalue weighted by atomic mass is 32.2. The quantitative estimate of drug-likeness (QED) is 0.633. The number of nitrogens with zero attached hydrogens (tertiary/aromatic N) is 2. The number of carbonyl (C=O) groups excluding carboxylic acids is 1. The van der Waals surface area contributed by atoms with Crippen molar-refractivity contribution < 1.29 is 13.2 Å². The van der Waals surface area contributed by atoms with Crippen LogP contribution in [0.5, 0.6) is 0 Å². The van der Waals surface area contributed by atoms with Crippen molar-refractivity contribution in [2.75, 3.05) is 19.3 Å². The highest BCUT2D eigenvalue weighted by Gasteiger charge is 2.30. The second-order valence-electron chi connectivity index (χ2n) is 6.63. The third-order valence-electron chi connectivity index (χ3n) is 4.60. The van der Waals surface area contributed by atoms with Gasteiger partial charge in [-0.25, -0.2) is 18.1 Å². The molecule has 1 heterocycles. The lowest BCUT2D eigenvalue weighted by Gasteiger charge is -2.29. The third kappa shape index (κ3) is 5.02. The summed E-state index contributed by atoms with van der Waals surface area (Å²) in [7, 11) is -3.29. The average molecular weight is 385 g/mol. The molecule has 6 nitrogen and oxygen atoms in total. The van der Waals surface area contributed by atoms with Gasteiger partial charge in [0.2, 0.25) is 15.9 Å². The molecule has 0 spiro atoms. The van der Waals surface area contributed by atoms with Gasteiger partial charge in [0.1, 0.15) is 0 Å². The molecule has 1 fully saturated rings. The first-order chi connectivity index (χ1) is 12.9.